The lowest BCUT2D eigenvalue weighted by atomic mass is 10.2. The molecule has 1 heterocycles. The summed E-state index contributed by atoms with van der Waals surface area (Å²) < 4.78 is 5.44. The molecular weight excluding hydrogens is 210 g/mol. The number of ether oxygens (including phenoxy) is 1. The second-order valence-electron chi connectivity index (χ2n) is 4.05. The van der Waals surface area contributed by atoms with Crippen LogP contribution in [0.5, 0.6) is 0 Å². The summed E-state index contributed by atoms with van der Waals surface area (Å²) in [7, 11) is 0. The maximum Gasteiger partial charge on any atom is 0.0466 e. The number of hydrogen-bond acceptors (Lipinski definition) is 2. The highest BCUT2D eigenvalue weighted by molar-refractivity contribution is 4.88. The minimum absolute atomic E-state index is 0.970. The molecule has 0 aliphatic heterocycles. The predicted octanol–water partition coefficient (Wildman–Crippen LogP) is 4.47. The molecule has 98 valence electrons. The van der Waals surface area contributed by atoms with Crippen molar-refractivity contribution >= 4 is 0 Å². The zero-order chi connectivity index (χ0) is 12.6. The van der Waals surface area contributed by atoms with Crippen LogP contribution < -0.4 is 0 Å². The summed E-state index contributed by atoms with van der Waals surface area (Å²) in [6, 6.07) is 5.72. The van der Waals surface area contributed by atoms with Gasteiger partial charge in [-0.2, -0.15) is 0 Å². The quantitative estimate of drug-likeness (QED) is 0.622. The Balaban J connectivity index is 0.000000354. The Hall–Kier alpha value is -0.890. The van der Waals surface area contributed by atoms with Crippen molar-refractivity contribution in [1.29, 1.82) is 0 Å². The monoisotopic (exact) mass is 237 g/mol. The molecule has 0 saturated heterocycles. The van der Waals surface area contributed by atoms with Gasteiger partial charge in [-0.05, 0) is 25.0 Å². The highest BCUT2D eigenvalue weighted by Gasteiger charge is 1.88. The molecule has 1 aromatic heterocycles. The fourth-order valence-corrected chi connectivity index (χ4v) is 1.32. The number of nitrogens with zero attached hydrogens (tertiary/aromatic N) is 1. The minimum Gasteiger partial charge on any atom is -0.381 e. The summed E-state index contributed by atoms with van der Waals surface area (Å²) in [4.78, 5) is 3.78. The van der Waals surface area contributed by atoms with Crippen LogP contribution in [0.4, 0.5) is 0 Å². The van der Waals surface area contributed by atoms with Crippen LogP contribution in [-0.4, -0.2) is 18.2 Å². The van der Waals surface area contributed by atoms with E-state index >= 15 is 0 Å². The lowest BCUT2D eigenvalue weighted by Gasteiger charge is -2.01. The van der Waals surface area contributed by atoms with Crippen molar-refractivity contribution in [1.82, 2.24) is 4.98 Å². The zero-order valence-corrected chi connectivity index (χ0v) is 11.4. The second-order valence-corrected chi connectivity index (χ2v) is 4.05. The first-order valence-electron chi connectivity index (χ1n) is 6.84. The lowest BCUT2D eigenvalue weighted by molar-refractivity contribution is 0.126. The van der Waals surface area contributed by atoms with Crippen molar-refractivity contribution in [2.45, 2.75) is 52.4 Å². The lowest BCUT2D eigenvalue weighted by Crippen LogP contribution is -1.96. The smallest absolute Gasteiger partial charge is 0.0466 e. The Morgan fingerprint density at radius 2 is 1.29 bits per heavy atom. The second kappa shape index (κ2) is 15.1. The maximum atomic E-state index is 5.44. The van der Waals surface area contributed by atoms with Crippen molar-refractivity contribution in [3.05, 3.63) is 30.6 Å². The highest BCUT2D eigenvalue weighted by atomic mass is 16.5. The molecule has 0 fully saturated rings. The third-order valence-electron chi connectivity index (χ3n) is 2.35. The molecule has 1 aromatic rings. The molecule has 0 aromatic carbocycles. The molecule has 0 amide bonds. The number of unbranched alkanes of at least 4 members (excludes halogenated alkanes) is 4. The van der Waals surface area contributed by atoms with Crippen LogP contribution in [0.25, 0.3) is 0 Å². The Morgan fingerprint density at radius 3 is 1.59 bits per heavy atom. The first-order valence-corrected chi connectivity index (χ1v) is 6.84. The largest absolute Gasteiger partial charge is 0.381 e. The fourth-order valence-electron chi connectivity index (χ4n) is 1.32. The maximum absolute atomic E-state index is 5.44. The van der Waals surface area contributed by atoms with Gasteiger partial charge in [0.1, 0.15) is 0 Å². The van der Waals surface area contributed by atoms with E-state index in [4.69, 9.17) is 4.74 Å². The van der Waals surface area contributed by atoms with E-state index in [0.717, 1.165) is 13.2 Å². The van der Waals surface area contributed by atoms with E-state index < -0.39 is 0 Å². The molecular formula is C15H27NO. The normalized spacial score (nSPS) is 9.53. The molecule has 0 bridgehead atoms. The van der Waals surface area contributed by atoms with E-state index in [0.29, 0.717) is 0 Å². The molecule has 2 nitrogen and oxygen atoms in total. The standard InChI is InChI=1S/C10H22O.C5H5N/c1-3-5-7-9-11-10-8-6-4-2;1-2-4-6-5-3-1/h3-10H2,1-2H3;1-5H. The molecule has 0 aliphatic rings. The van der Waals surface area contributed by atoms with E-state index in [-0.39, 0.29) is 0 Å². The summed E-state index contributed by atoms with van der Waals surface area (Å²) in [5.74, 6) is 0. The summed E-state index contributed by atoms with van der Waals surface area (Å²) in [6.45, 7) is 6.38. The van der Waals surface area contributed by atoms with Gasteiger partial charge in [-0.1, -0.05) is 45.6 Å². The number of aromatic nitrogens is 1. The molecule has 1 rings (SSSR count). The van der Waals surface area contributed by atoms with Crippen LogP contribution in [0.1, 0.15) is 52.4 Å². The Bertz CT molecular complexity index is 179. The average molecular weight is 237 g/mol. The summed E-state index contributed by atoms with van der Waals surface area (Å²) >= 11 is 0. The van der Waals surface area contributed by atoms with Crippen molar-refractivity contribution < 1.29 is 4.74 Å². The first kappa shape index (κ1) is 16.1. The van der Waals surface area contributed by atoms with E-state index in [1.165, 1.54) is 38.5 Å². The number of pyridine rings is 1. The van der Waals surface area contributed by atoms with Crippen molar-refractivity contribution in [2.24, 2.45) is 0 Å². The summed E-state index contributed by atoms with van der Waals surface area (Å²) in [6.07, 6.45) is 11.2. The van der Waals surface area contributed by atoms with Crippen LogP contribution in [0.2, 0.25) is 0 Å². The average Bonchev–Trinajstić information content (AvgIpc) is 2.41. The van der Waals surface area contributed by atoms with Crippen LogP contribution in [0.3, 0.4) is 0 Å². The van der Waals surface area contributed by atoms with Gasteiger partial charge in [0.25, 0.3) is 0 Å². The van der Waals surface area contributed by atoms with Crippen LogP contribution in [0.15, 0.2) is 30.6 Å². The summed E-state index contributed by atoms with van der Waals surface area (Å²) in [5, 5.41) is 0. The minimum atomic E-state index is 0.970. The molecule has 0 unspecified atom stereocenters. The van der Waals surface area contributed by atoms with E-state index in [2.05, 4.69) is 18.8 Å². The van der Waals surface area contributed by atoms with E-state index in [1.54, 1.807) is 12.4 Å². The Labute approximate surface area is 106 Å². The van der Waals surface area contributed by atoms with Gasteiger partial charge in [-0.25, -0.2) is 0 Å². The predicted molar refractivity (Wildman–Crippen MR) is 74.1 cm³/mol. The molecule has 0 saturated carbocycles. The van der Waals surface area contributed by atoms with E-state index in [9.17, 15) is 0 Å². The molecule has 0 atom stereocenters. The molecule has 0 N–H and O–H groups in total. The Kier molecular flexibility index (Phi) is 14.3. The van der Waals surface area contributed by atoms with Crippen molar-refractivity contribution in [3.63, 3.8) is 0 Å². The third-order valence-corrected chi connectivity index (χ3v) is 2.35. The molecule has 17 heavy (non-hydrogen) atoms. The van der Waals surface area contributed by atoms with Gasteiger partial charge in [0, 0.05) is 25.6 Å². The van der Waals surface area contributed by atoms with Crippen LogP contribution >= 0.6 is 0 Å². The first-order chi connectivity index (χ1) is 8.41. The fraction of sp³-hybridized carbons (Fsp3) is 0.667. The molecule has 0 spiro atoms. The van der Waals surface area contributed by atoms with Crippen LogP contribution in [-0.2, 0) is 4.74 Å². The van der Waals surface area contributed by atoms with Crippen molar-refractivity contribution in [3.8, 4) is 0 Å². The molecule has 0 radical (unpaired) electrons. The molecule has 0 aliphatic carbocycles. The topological polar surface area (TPSA) is 22.1 Å². The highest BCUT2D eigenvalue weighted by Crippen LogP contribution is 1.97. The van der Waals surface area contributed by atoms with Gasteiger partial charge < -0.3 is 4.74 Å². The summed E-state index contributed by atoms with van der Waals surface area (Å²) in [5.41, 5.74) is 0. The van der Waals surface area contributed by atoms with Gasteiger partial charge in [0.2, 0.25) is 0 Å². The van der Waals surface area contributed by atoms with Crippen molar-refractivity contribution in [2.75, 3.05) is 13.2 Å². The number of hydrogen-bond donors (Lipinski definition) is 0. The van der Waals surface area contributed by atoms with Gasteiger partial charge in [-0.3, -0.25) is 4.98 Å². The van der Waals surface area contributed by atoms with Gasteiger partial charge in [0.15, 0.2) is 0 Å². The van der Waals surface area contributed by atoms with E-state index in [1.807, 2.05) is 18.2 Å². The zero-order valence-electron chi connectivity index (χ0n) is 11.4. The van der Waals surface area contributed by atoms with Crippen LogP contribution in [0, 0.1) is 0 Å². The van der Waals surface area contributed by atoms with Gasteiger partial charge >= 0.3 is 0 Å². The van der Waals surface area contributed by atoms with Gasteiger partial charge in [-0.15, -0.1) is 0 Å². The Morgan fingerprint density at radius 1 is 0.765 bits per heavy atom. The van der Waals surface area contributed by atoms with Gasteiger partial charge in [0.05, 0.1) is 0 Å². The molecule has 2 heteroatoms. The number of rotatable bonds is 8. The SMILES string of the molecule is CCCCCOCCCCC.c1ccncc1. The third kappa shape index (κ3) is 15.1.